The molecule has 1 aliphatic rings. The molecule has 3 aromatic rings. The van der Waals surface area contributed by atoms with Crippen LogP contribution in [-0.2, 0) is 16.0 Å². The highest BCUT2D eigenvalue weighted by Gasteiger charge is 2.35. The first-order chi connectivity index (χ1) is 13.0. The molecular formula is C20H18ClN3O2S. The fourth-order valence-electron chi connectivity index (χ4n) is 3.20. The number of nitrogens with one attached hydrogen (secondary N) is 1. The van der Waals surface area contributed by atoms with Gasteiger partial charge in [-0.1, -0.05) is 42.0 Å². The third-order valence-electron chi connectivity index (χ3n) is 4.73. The first kappa shape index (κ1) is 17.9. The molecule has 1 aliphatic heterocycles. The summed E-state index contributed by atoms with van der Waals surface area (Å²) in [7, 11) is 0. The van der Waals surface area contributed by atoms with Gasteiger partial charge in [0.05, 0.1) is 16.1 Å². The van der Waals surface area contributed by atoms with Gasteiger partial charge in [-0.05, 0) is 42.3 Å². The van der Waals surface area contributed by atoms with Crippen molar-refractivity contribution in [3.8, 4) is 0 Å². The molecule has 0 bridgehead atoms. The number of anilines is 2. The minimum absolute atomic E-state index is 0.0320. The van der Waals surface area contributed by atoms with Gasteiger partial charge < -0.3 is 10.2 Å². The van der Waals surface area contributed by atoms with E-state index >= 15 is 0 Å². The fraction of sp³-hybridized carbons (Fsp3) is 0.250. The largest absolute Gasteiger partial charge is 0.312 e. The van der Waals surface area contributed by atoms with Crippen molar-refractivity contribution in [1.82, 2.24) is 4.98 Å². The van der Waals surface area contributed by atoms with Crippen molar-refractivity contribution < 1.29 is 9.59 Å². The van der Waals surface area contributed by atoms with Crippen molar-refractivity contribution >= 4 is 55.8 Å². The van der Waals surface area contributed by atoms with Crippen LogP contribution in [0, 0.1) is 5.92 Å². The second-order valence-corrected chi connectivity index (χ2v) is 8.01. The second kappa shape index (κ2) is 7.29. The number of aryl methyl sites for hydroxylation is 1. The van der Waals surface area contributed by atoms with Gasteiger partial charge in [-0.3, -0.25) is 9.59 Å². The standard InChI is InChI=1S/C20H18ClN3O2S/c1-2-12-3-6-15(7-4-12)24-11-13(9-18(24)25)19(26)23-20-22-16-8-5-14(21)10-17(16)27-20/h3-8,10,13H,2,9,11H2,1H3,(H,22,23,26)/t13-/m1/s1. The summed E-state index contributed by atoms with van der Waals surface area (Å²) < 4.78 is 0.915. The van der Waals surface area contributed by atoms with Crippen LogP contribution in [0.3, 0.4) is 0 Å². The van der Waals surface area contributed by atoms with Gasteiger partial charge in [0.2, 0.25) is 11.8 Å². The Morgan fingerprint density at radius 3 is 2.81 bits per heavy atom. The number of fused-ring (bicyclic) bond motifs is 1. The lowest BCUT2D eigenvalue weighted by molar-refractivity contribution is -0.122. The van der Waals surface area contributed by atoms with E-state index in [9.17, 15) is 9.59 Å². The van der Waals surface area contributed by atoms with Crippen LogP contribution in [0.25, 0.3) is 10.2 Å². The summed E-state index contributed by atoms with van der Waals surface area (Å²) in [6.45, 7) is 2.47. The van der Waals surface area contributed by atoms with Crippen LogP contribution in [-0.4, -0.2) is 23.3 Å². The molecular weight excluding hydrogens is 382 g/mol. The van der Waals surface area contributed by atoms with E-state index in [0.717, 1.165) is 22.3 Å². The van der Waals surface area contributed by atoms with Crippen molar-refractivity contribution in [3.63, 3.8) is 0 Å². The highest BCUT2D eigenvalue weighted by molar-refractivity contribution is 7.22. The molecule has 2 heterocycles. The number of thiazole rings is 1. The molecule has 2 amide bonds. The lowest BCUT2D eigenvalue weighted by Gasteiger charge is -2.17. The second-order valence-electron chi connectivity index (χ2n) is 6.55. The van der Waals surface area contributed by atoms with Gasteiger partial charge in [0.1, 0.15) is 0 Å². The van der Waals surface area contributed by atoms with E-state index in [2.05, 4.69) is 17.2 Å². The third-order valence-corrected chi connectivity index (χ3v) is 5.90. The van der Waals surface area contributed by atoms with Gasteiger partial charge in [0.15, 0.2) is 5.13 Å². The normalized spacial score (nSPS) is 16.9. The summed E-state index contributed by atoms with van der Waals surface area (Å²) in [5.41, 5.74) is 2.84. The summed E-state index contributed by atoms with van der Waals surface area (Å²) >= 11 is 7.37. The fourth-order valence-corrected chi connectivity index (χ4v) is 4.35. The first-order valence-corrected chi connectivity index (χ1v) is 9.99. The third kappa shape index (κ3) is 3.68. The minimum Gasteiger partial charge on any atom is -0.312 e. The molecule has 27 heavy (non-hydrogen) atoms. The minimum atomic E-state index is -0.390. The van der Waals surface area contributed by atoms with E-state index in [4.69, 9.17) is 11.6 Å². The quantitative estimate of drug-likeness (QED) is 0.702. The van der Waals surface area contributed by atoms with Crippen molar-refractivity contribution in [1.29, 1.82) is 0 Å². The van der Waals surface area contributed by atoms with Gasteiger partial charge in [-0.25, -0.2) is 4.98 Å². The molecule has 0 radical (unpaired) electrons. The number of nitrogens with zero attached hydrogens (tertiary/aromatic N) is 2. The average Bonchev–Trinajstić information content (AvgIpc) is 3.24. The highest BCUT2D eigenvalue weighted by Crippen LogP contribution is 2.30. The molecule has 7 heteroatoms. The SMILES string of the molecule is CCc1ccc(N2C[C@H](C(=O)Nc3nc4ccc(Cl)cc4s3)CC2=O)cc1. The zero-order chi connectivity index (χ0) is 19.0. The van der Waals surface area contributed by atoms with Crippen molar-refractivity contribution in [3.05, 3.63) is 53.1 Å². The maximum atomic E-state index is 12.6. The first-order valence-electron chi connectivity index (χ1n) is 8.79. The van der Waals surface area contributed by atoms with E-state index in [1.165, 1.54) is 16.9 Å². The highest BCUT2D eigenvalue weighted by atomic mass is 35.5. The Balaban J connectivity index is 1.46. The molecule has 1 aromatic heterocycles. The zero-order valence-corrected chi connectivity index (χ0v) is 16.3. The lowest BCUT2D eigenvalue weighted by Crippen LogP contribution is -2.28. The molecule has 1 N–H and O–H groups in total. The van der Waals surface area contributed by atoms with Crippen LogP contribution in [0.4, 0.5) is 10.8 Å². The van der Waals surface area contributed by atoms with E-state index in [-0.39, 0.29) is 24.2 Å². The molecule has 1 fully saturated rings. The van der Waals surface area contributed by atoms with Crippen molar-refractivity contribution in [2.45, 2.75) is 19.8 Å². The predicted octanol–water partition coefficient (Wildman–Crippen LogP) is 4.50. The number of carbonyl (C=O) groups excluding carboxylic acids is 2. The van der Waals surface area contributed by atoms with Gasteiger partial charge in [-0.15, -0.1) is 0 Å². The molecule has 0 aliphatic carbocycles. The molecule has 2 aromatic carbocycles. The monoisotopic (exact) mass is 399 g/mol. The number of carbonyl (C=O) groups is 2. The summed E-state index contributed by atoms with van der Waals surface area (Å²) in [6.07, 6.45) is 1.16. The number of halogens is 1. The number of hydrogen-bond acceptors (Lipinski definition) is 4. The summed E-state index contributed by atoms with van der Waals surface area (Å²) in [4.78, 5) is 31.1. The van der Waals surface area contributed by atoms with Crippen LogP contribution in [0.15, 0.2) is 42.5 Å². The van der Waals surface area contributed by atoms with Gasteiger partial charge in [0.25, 0.3) is 0 Å². The van der Waals surface area contributed by atoms with E-state index in [0.29, 0.717) is 16.7 Å². The van der Waals surface area contributed by atoms with Gasteiger partial charge in [-0.2, -0.15) is 0 Å². The molecule has 0 unspecified atom stereocenters. The lowest BCUT2D eigenvalue weighted by atomic mass is 10.1. The number of hydrogen-bond donors (Lipinski definition) is 1. The van der Waals surface area contributed by atoms with E-state index in [1.807, 2.05) is 36.4 Å². The summed E-state index contributed by atoms with van der Waals surface area (Å²) in [6, 6.07) is 13.3. The Hall–Kier alpha value is -2.44. The molecule has 5 nitrogen and oxygen atoms in total. The van der Waals surface area contributed by atoms with E-state index in [1.54, 1.807) is 11.0 Å². The Kier molecular flexibility index (Phi) is 4.85. The number of amides is 2. The van der Waals surface area contributed by atoms with Gasteiger partial charge >= 0.3 is 0 Å². The maximum absolute atomic E-state index is 12.6. The number of rotatable bonds is 4. The smallest absolute Gasteiger partial charge is 0.231 e. The Labute approximate surface area is 166 Å². The topological polar surface area (TPSA) is 62.3 Å². The zero-order valence-electron chi connectivity index (χ0n) is 14.7. The molecule has 1 atom stereocenters. The van der Waals surface area contributed by atoms with Crippen LogP contribution in [0.5, 0.6) is 0 Å². The van der Waals surface area contributed by atoms with Crippen LogP contribution in [0.2, 0.25) is 5.02 Å². The number of benzene rings is 2. The van der Waals surface area contributed by atoms with Crippen LogP contribution >= 0.6 is 22.9 Å². The number of aromatic nitrogens is 1. The average molecular weight is 400 g/mol. The van der Waals surface area contributed by atoms with Gasteiger partial charge in [0, 0.05) is 23.7 Å². The Morgan fingerprint density at radius 1 is 1.30 bits per heavy atom. The Morgan fingerprint density at radius 2 is 2.07 bits per heavy atom. The van der Waals surface area contributed by atoms with E-state index < -0.39 is 0 Å². The molecule has 0 saturated carbocycles. The molecule has 1 saturated heterocycles. The maximum Gasteiger partial charge on any atom is 0.231 e. The van der Waals surface area contributed by atoms with Crippen molar-refractivity contribution in [2.75, 3.05) is 16.8 Å². The van der Waals surface area contributed by atoms with Crippen LogP contribution < -0.4 is 10.2 Å². The molecule has 4 rings (SSSR count). The summed E-state index contributed by atoms with van der Waals surface area (Å²) in [5.74, 6) is -0.601. The summed E-state index contributed by atoms with van der Waals surface area (Å²) in [5, 5.41) is 4.01. The van der Waals surface area contributed by atoms with Crippen molar-refractivity contribution in [2.24, 2.45) is 5.92 Å². The van der Waals surface area contributed by atoms with Crippen LogP contribution in [0.1, 0.15) is 18.9 Å². The molecule has 0 spiro atoms. The molecule has 138 valence electrons. The predicted molar refractivity (Wildman–Crippen MR) is 110 cm³/mol. The Bertz CT molecular complexity index is 1020.